The lowest BCUT2D eigenvalue weighted by molar-refractivity contribution is -0.457. The van der Waals surface area contributed by atoms with Crippen LogP contribution >= 0.6 is 23.2 Å². The monoisotopic (exact) mass is 275 g/mol. The van der Waals surface area contributed by atoms with Gasteiger partial charge in [-0.15, -0.1) is 0 Å². The van der Waals surface area contributed by atoms with Gasteiger partial charge in [0.25, 0.3) is 0 Å². The molecule has 0 unspecified atom stereocenters. The minimum absolute atomic E-state index is 0.265. The summed E-state index contributed by atoms with van der Waals surface area (Å²) in [7, 11) is 0. The van der Waals surface area contributed by atoms with E-state index in [1.54, 1.807) is 32.0 Å². The molecule has 4 nitrogen and oxygen atoms in total. The first kappa shape index (κ1) is 13.8. The molecule has 0 aliphatic heterocycles. The predicted molar refractivity (Wildman–Crippen MR) is 67.7 cm³/mol. The largest absolute Gasteiger partial charge is 0.626 e. The van der Waals surface area contributed by atoms with Crippen molar-refractivity contribution in [2.24, 2.45) is 5.84 Å². The fraction of sp³-hybridized carbons (Fsp3) is 0.273. The molecule has 0 radical (unpaired) electrons. The lowest BCUT2D eigenvalue weighted by Gasteiger charge is -2.01. The van der Waals surface area contributed by atoms with Crippen molar-refractivity contribution in [1.82, 2.24) is 0 Å². The number of nitrogens with zero attached hydrogens (tertiary/aromatic N) is 1. The highest BCUT2D eigenvalue weighted by Gasteiger charge is 2.21. The van der Waals surface area contributed by atoms with Crippen LogP contribution in [0.1, 0.15) is 19.4 Å². The van der Waals surface area contributed by atoms with Gasteiger partial charge in [-0.1, -0.05) is 23.2 Å². The Hall–Kier alpha value is -1.26. The first-order chi connectivity index (χ1) is 7.97. The van der Waals surface area contributed by atoms with E-state index in [1.165, 1.54) is 0 Å². The number of carbonyl (C=O) groups excluding carboxylic acids is 1. The lowest BCUT2D eigenvalue weighted by Crippen LogP contribution is -2.33. The van der Waals surface area contributed by atoms with Gasteiger partial charge in [0.2, 0.25) is 5.71 Å². The van der Waals surface area contributed by atoms with Crippen LogP contribution in [0.2, 0.25) is 10.0 Å². The van der Waals surface area contributed by atoms with E-state index in [0.29, 0.717) is 21.3 Å². The molecule has 0 aliphatic rings. The fourth-order valence-electron chi connectivity index (χ4n) is 1.19. The van der Waals surface area contributed by atoms with Crippen molar-refractivity contribution in [3.8, 4) is 0 Å². The molecule has 0 heterocycles. The lowest BCUT2D eigenvalue weighted by atomic mass is 10.1. The summed E-state index contributed by atoms with van der Waals surface area (Å²) in [5, 5.41) is 0.851. The predicted octanol–water partition coefficient (Wildman–Crippen LogP) is 2.85. The van der Waals surface area contributed by atoms with Crippen LogP contribution in [0.25, 0.3) is 0 Å². The van der Waals surface area contributed by atoms with Crippen LogP contribution in [0.5, 0.6) is 0 Å². The molecule has 1 amide bonds. The quantitative estimate of drug-likeness (QED) is 0.297. The van der Waals surface area contributed by atoms with Crippen molar-refractivity contribution >= 4 is 35.0 Å². The molecule has 0 saturated carbocycles. The molecule has 0 fully saturated rings. The zero-order chi connectivity index (χ0) is 13.0. The number of hydrogen-bond donors (Lipinski definition) is 1. The Balaban J connectivity index is 3.09. The molecular formula is C11H13Cl2N2O2+. The molecular weight excluding hydrogens is 263 g/mol. The maximum atomic E-state index is 11.4. The van der Waals surface area contributed by atoms with Crippen LogP contribution in [0.4, 0.5) is 4.79 Å². The second kappa shape index (κ2) is 5.89. The van der Waals surface area contributed by atoms with Crippen molar-refractivity contribution < 1.29 is 14.2 Å². The van der Waals surface area contributed by atoms with Crippen molar-refractivity contribution in [2.75, 3.05) is 6.61 Å². The highest BCUT2D eigenvalue weighted by atomic mass is 35.5. The number of rotatable bonds is 2. The summed E-state index contributed by atoms with van der Waals surface area (Å²) in [5.41, 5.74) is 1.23. The zero-order valence-corrected chi connectivity index (χ0v) is 11.0. The van der Waals surface area contributed by atoms with E-state index in [0.717, 1.165) is 4.68 Å². The average Bonchev–Trinajstić information content (AvgIpc) is 2.31. The standard InChI is InChI=1S/C11H13Cl2N2O2/c1-3-17-11(16)15(14)7(2)8-4-5-9(12)10(13)6-8/h4-6H,3,14H2,1-2H3/q+1/b15-7+. The van der Waals surface area contributed by atoms with E-state index in [9.17, 15) is 4.79 Å². The van der Waals surface area contributed by atoms with Gasteiger partial charge in [0.15, 0.2) is 0 Å². The van der Waals surface area contributed by atoms with Crippen LogP contribution in [-0.2, 0) is 4.74 Å². The third kappa shape index (κ3) is 3.35. The Morgan fingerprint density at radius 3 is 2.59 bits per heavy atom. The van der Waals surface area contributed by atoms with Gasteiger partial charge in [-0.05, 0) is 29.8 Å². The molecule has 2 N–H and O–H groups in total. The maximum Gasteiger partial charge on any atom is 0.626 e. The highest BCUT2D eigenvalue weighted by Crippen LogP contribution is 2.22. The van der Waals surface area contributed by atoms with Gasteiger partial charge in [0.05, 0.1) is 16.7 Å². The van der Waals surface area contributed by atoms with Gasteiger partial charge >= 0.3 is 6.09 Å². The van der Waals surface area contributed by atoms with Gasteiger partial charge in [-0.3, -0.25) is 0 Å². The molecule has 0 bridgehead atoms. The third-order valence-electron chi connectivity index (χ3n) is 2.16. The van der Waals surface area contributed by atoms with Crippen LogP contribution < -0.4 is 5.84 Å². The summed E-state index contributed by atoms with van der Waals surface area (Å²) in [5.74, 6) is 5.61. The van der Waals surface area contributed by atoms with Gasteiger partial charge < -0.3 is 4.74 Å². The third-order valence-corrected chi connectivity index (χ3v) is 2.90. The summed E-state index contributed by atoms with van der Waals surface area (Å²) >= 11 is 11.7. The van der Waals surface area contributed by atoms with Crippen molar-refractivity contribution in [2.45, 2.75) is 13.8 Å². The summed E-state index contributed by atoms with van der Waals surface area (Å²) in [6, 6.07) is 5.00. The number of amides is 1. The SMILES string of the molecule is CCOC(=O)/[N+](N)=C(/C)c1ccc(Cl)c(Cl)c1. The molecule has 0 aliphatic carbocycles. The summed E-state index contributed by atoms with van der Waals surface area (Å²) in [4.78, 5) is 11.4. The second-order valence-corrected chi connectivity index (χ2v) is 4.10. The number of benzene rings is 1. The summed E-state index contributed by atoms with van der Waals surface area (Å²) in [6.45, 7) is 3.66. The van der Waals surface area contributed by atoms with Gasteiger partial charge in [-0.2, -0.15) is 10.6 Å². The smallest absolute Gasteiger partial charge is 0.410 e. The number of halogens is 2. The molecule has 0 atom stereocenters. The van der Waals surface area contributed by atoms with Crippen molar-refractivity contribution in [3.05, 3.63) is 33.8 Å². The molecule has 0 saturated heterocycles. The van der Waals surface area contributed by atoms with E-state index in [1.807, 2.05) is 0 Å². The number of hydrogen-bond acceptors (Lipinski definition) is 3. The summed E-state index contributed by atoms with van der Waals surface area (Å²) in [6.07, 6.45) is -0.615. The first-order valence-electron chi connectivity index (χ1n) is 4.98. The Labute approximate surface area is 110 Å². The Kier molecular flexibility index (Phi) is 4.78. The number of carbonyl (C=O) groups is 1. The van der Waals surface area contributed by atoms with Crippen LogP contribution in [0.15, 0.2) is 18.2 Å². The van der Waals surface area contributed by atoms with Crippen LogP contribution in [0, 0.1) is 0 Å². The highest BCUT2D eigenvalue weighted by molar-refractivity contribution is 6.42. The summed E-state index contributed by atoms with van der Waals surface area (Å²) < 4.78 is 5.72. The normalized spacial score (nSPS) is 12.0. The van der Waals surface area contributed by atoms with E-state index < -0.39 is 6.09 Å². The number of hydrazine groups is 1. The maximum absolute atomic E-state index is 11.4. The fourth-order valence-corrected chi connectivity index (χ4v) is 1.49. The average molecular weight is 276 g/mol. The van der Waals surface area contributed by atoms with Crippen molar-refractivity contribution in [1.29, 1.82) is 0 Å². The van der Waals surface area contributed by atoms with E-state index >= 15 is 0 Å². The van der Waals surface area contributed by atoms with E-state index in [-0.39, 0.29) is 6.61 Å². The molecule has 1 aromatic carbocycles. The molecule has 92 valence electrons. The second-order valence-electron chi connectivity index (χ2n) is 3.28. The molecule has 1 rings (SSSR count). The topological polar surface area (TPSA) is 55.3 Å². The molecule has 6 heteroatoms. The Morgan fingerprint density at radius 2 is 2.06 bits per heavy atom. The van der Waals surface area contributed by atoms with Crippen LogP contribution in [-0.4, -0.2) is 23.1 Å². The molecule has 1 aromatic rings. The molecule has 0 aromatic heterocycles. The zero-order valence-electron chi connectivity index (χ0n) is 9.54. The Bertz CT molecular complexity index is 473. The number of ether oxygens (including phenoxy) is 1. The van der Waals surface area contributed by atoms with Gasteiger partial charge in [-0.25, -0.2) is 0 Å². The van der Waals surface area contributed by atoms with E-state index in [2.05, 4.69) is 0 Å². The molecule has 17 heavy (non-hydrogen) atoms. The minimum atomic E-state index is -0.615. The van der Waals surface area contributed by atoms with E-state index in [4.69, 9.17) is 33.8 Å². The Morgan fingerprint density at radius 1 is 1.41 bits per heavy atom. The van der Waals surface area contributed by atoms with Gasteiger partial charge in [0, 0.05) is 12.5 Å². The van der Waals surface area contributed by atoms with Crippen molar-refractivity contribution in [3.63, 3.8) is 0 Å². The first-order valence-corrected chi connectivity index (χ1v) is 5.73. The minimum Gasteiger partial charge on any atom is -0.410 e. The number of hydrazone groups is 1. The number of nitrogens with two attached hydrogens (primary N) is 1. The van der Waals surface area contributed by atoms with Gasteiger partial charge in [0.1, 0.15) is 0 Å². The molecule has 0 spiro atoms. The van der Waals surface area contributed by atoms with Crippen LogP contribution in [0.3, 0.4) is 0 Å².